The highest BCUT2D eigenvalue weighted by Gasteiger charge is 2.09. The molecule has 0 atom stereocenters. The molecule has 1 aromatic heterocycles. The van der Waals surface area contributed by atoms with Crippen LogP contribution in [0.25, 0.3) is 16.7 Å². The average molecular weight is 341 g/mol. The fraction of sp³-hybridized carbons (Fsp3) is 0. The number of aromatic amines is 1. The van der Waals surface area contributed by atoms with Crippen LogP contribution in [0.15, 0.2) is 40.9 Å². The monoisotopic (exact) mass is 340 g/mol. The molecular weight excluding hydrogens is 334 g/mol. The molecule has 19 heavy (non-hydrogen) atoms. The number of benzene rings is 2. The number of hydrogen-bond donors (Lipinski definition) is 1. The van der Waals surface area contributed by atoms with Gasteiger partial charge >= 0.3 is 0 Å². The van der Waals surface area contributed by atoms with Gasteiger partial charge < -0.3 is 4.98 Å². The first-order valence-corrected chi connectivity index (χ1v) is 6.61. The lowest BCUT2D eigenvalue weighted by atomic mass is 10.2. The van der Waals surface area contributed by atoms with Crippen molar-refractivity contribution < 1.29 is 8.78 Å². The Hall–Kier alpha value is -1.53. The standard InChI is InChI=1S/C13H7BrF2N2S/c14-7-1-2-12-11(3-7)17-13(19)18(12)10-5-8(15)4-9(16)6-10/h1-6H,(H,17,19). The molecule has 0 aliphatic carbocycles. The maximum absolute atomic E-state index is 13.3. The van der Waals surface area contributed by atoms with Gasteiger partial charge in [0, 0.05) is 10.5 Å². The van der Waals surface area contributed by atoms with Gasteiger partial charge in [-0.2, -0.15) is 0 Å². The van der Waals surface area contributed by atoms with E-state index in [0.29, 0.717) is 10.5 Å². The Balaban J connectivity index is 2.36. The highest BCUT2D eigenvalue weighted by molar-refractivity contribution is 9.10. The van der Waals surface area contributed by atoms with Crippen LogP contribution in [0.3, 0.4) is 0 Å². The first-order chi connectivity index (χ1) is 9.04. The van der Waals surface area contributed by atoms with Gasteiger partial charge in [-0.3, -0.25) is 4.57 Å². The van der Waals surface area contributed by atoms with E-state index in [1.807, 2.05) is 18.2 Å². The molecule has 0 fully saturated rings. The molecule has 0 amide bonds. The lowest BCUT2D eigenvalue weighted by Gasteiger charge is -2.05. The van der Waals surface area contributed by atoms with Crippen molar-refractivity contribution in [3.8, 4) is 5.69 Å². The fourth-order valence-electron chi connectivity index (χ4n) is 2.01. The predicted octanol–water partition coefficient (Wildman–Crippen LogP) is 4.73. The number of aromatic nitrogens is 2. The van der Waals surface area contributed by atoms with Gasteiger partial charge in [0.15, 0.2) is 4.77 Å². The lowest BCUT2D eigenvalue weighted by molar-refractivity contribution is 0.581. The zero-order valence-corrected chi connectivity index (χ0v) is 11.9. The summed E-state index contributed by atoms with van der Waals surface area (Å²) in [5.74, 6) is -1.27. The third kappa shape index (κ3) is 2.21. The topological polar surface area (TPSA) is 20.7 Å². The van der Waals surface area contributed by atoms with Gasteiger partial charge in [0.25, 0.3) is 0 Å². The van der Waals surface area contributed by atoms with Gasteiger partial charge in [0.2, 0.25) is 0 Å². The van der Waals surface area contributed by atoms with Crippen LogP contribution in [0, 0.1) is 16.4 Å². The van der Waals surface area contributed by atoms with Gasteiger partial charge in [-0.25, -0.2) is 8.78 Å². The van der Waals surface area contributed by atoms with E-state index in [1.54, 1.807) is 4.57 Å². The number of halogens is 3. The molecule has 0 aliphatic heterocycles. The van der Waals surface area contributed by atoms with E-state index in [9.17, 15) is 8.78 Å². The molecule has 0 spiro atoms. The second-order valence-corrected chi connectivity index (χ2v) is 5.36. The van der Waals surface area contributed by atoms with Crippen molar-refractivity contribution in [3.05, 3.63) is 57.3 Å². The van der Waals surface area contributed by atoms with Crippen molar-refractivity contribution in [2.75, 3.05) is 0 Å². The lowest BCUT2D eigenvalue weighted by Crippen LogP contribution is -1.96. The minimum Gasteiger partial charge on any atom is -0.330 e. The summed E-state index contributed by atoms with van der Waals surface area (Å²) in [7, 11) is 0. The summed E-state index contributed by atoms with van der Waals surface area (Å²) in [4.78, 5) is 3.01. The predicted molar refractivity (Wildman–Crippen MR) is 76.1 cm³/mol. The maximum atomic E-state index is 13.3. The van der Waals surface area contributed by atoms with Crippen molar-refractivity contribution in [2.45, 2.75) is 0 Å². The van der Waals surface area contributed by atoms with E-state index in [-0.39, 0.29) is 0 Å². The smallest absolute Gasteiger partial charge is 0.182 e. The van der Waals surface area contributed by atoms with Gasteiger partial charge in [-0.15, -0.1) is 0 Å². The number of imidazole rings is 1. The van der Waals surface area contributed by atoms with E-state index in [2.05, 4.69) is 20.9 Å². The summed E-state index contributed by atoms with van der Waals surface area (Å²) >= 11 is 8.57. The second kappa shape index (κ2) is 4.54. The molecule has 0 bridgehead atoms. The quantitative estimate of drug-likeness (QED) is 0.635. The minimum atomic E-state index is -0.636. The highest BCUT2D eigenvalue weighted by Crippen LogP contribution is 2.23. The fourth-order valence-corrected chi connectivity index (χ4v) is 2.68. The van der Waals surface area contributed by atoms with Crippen LogP contribution in [0.5, 0.6) is 0 Å². The maximum Gasteiger partial charge on any atom is 0.182 e. The van der Waals surface area contributed by atoms with Crippen LogP contribution in [-0.4, -0.2) is 9.55 Å². The van der Waals surface area contributed by atoms with Crippen molar-refractivity contribution in [1.29, 1.82) is 0 Å². The van der Waals surface area contributed by atoms with Crippen LogP contribution in [0.2, 0.25) is 0 Å². The molecule has 96 valence electrons. The Morgan fingerprint density at radius 3 is 2.42 bits per heavy atom. The van der Waals surface area contributed by atoms with Crippen molar-refractivity contribution in [2.24, 2.45) is 0 Å². The molecule has 1 heterocycles. The molecule has 0 saturated heterocycles. The Bertz CT molecular complexity index is 818. The van der Waals surface area contributed by atoms with E-state index < -0.39 is 11.6 Å². The molecule has 2 aromatic carbocycles. The first kappa shape index (κ1) is 12.5. The molecule has 0 unspecified atom stereocenters. The van der Waals surface area contributed by atoms with Gasteiger partial charge in [0.1, 0.15) is 11.6 Å². The normalized spacial score (nSPS) is 11.1. The van der Waals surface area contributed by atoms with E-state index in [1.165, 1.54) is 12.1 Å². The largest absolute Gasteiger partial charge is 0.330 e. The zero-order valence-electron chi connectivity index (χ0n) is 9.45. The van der Waals surface area contributed by atoms with Gasteiger partial charge in [-0.1, -0.05) is 15.9 Å². The summed E-state index contributed by atoms with van der Waals surface area (Å²) in [6.07, 6.45) is 0. The van der Waals surface area contributed by atoms with E-state index >= 15 is 0 Å². The van der Waals surface area contributed by atoms with E-state index in [0.717, 1.165) is 21.6 Å². The Kier molecular flexibility index (Phi) is 2.99. The molecular formula is C13H7BrF2N2S. The summed E-state index contributed by atoms with van der Waals surface area (Å²) in [6.45, 7) is 0. The molecule has 0 saturated carbocycles. The van der Waals surface area contributed by atoms with Crippen LogP contribution in [-0.2, 0) is 0 Å². The molecule has 1 N–H and O–H groups in total. The van der Waals surface area contributed by atoms with Crippen molar-refractivity contribution in [3.63, 3.8) is 0 Å². The summed E-state index contributed by atoms with van der Waals surface area (Å²) in [6, 6.07) is 8.85. The Morgan fingerprint density at radius 1 is 1.05 bits per heavy atom. The van der Waals surface area contributed by atoms with Crippen LogP contribution >= 0.6 is 28.1 Å². The average Bonchev–Trinajstić information content (AvgIpc) is 2.62. The molecule has 0 aliphatic rings. The minimum absolute atomic E-state index is 0.357. The van der Waals surface area contributed by atoms with Crippen LogP contribution in [0.4, 0.5) is 8.78 Å². The third-order valence-electron chi connectivity index (χ3n) is 2.75. The third-order valence-corrected chi connectivity index (χ3v) is 3.53. The summed E-state index contributed by atoms with van der Waals surface area (Å²) < 4.78 is 29.5. The number of rotatable bonds is 1. The first-order valence-electron chi connectivity index (χ1n) is 5.41. The summed E-state index contributed by atoms with van der Waals surface area (Å²) in [5, 5.41) is 0. The molecule has 6 heteroatoms. The number of nitrogens with one attached hydrogen (secondary N) is 1. The Labute approximate surface area is 120 Å². The van der Waals surface area contributed by atoms with Gasteiger partial charge in [-0.05, 0) is 42.5 Å². The number of hydrogen-bond acceptors (Lipinski definition) is 1. The second-order valence-electron chi connectivity index (χ2n) is 4.05. The molecule has 2 nitrogen and oxygen atoms in total. The van der Waals surface area contributed by atoms with Crippen LogP contribution < -0.4 is 0 Å². The zero-order chi connectivity index (χ0) is 13.6. The number of nitrogens with zero attached hydrogens (tertiary/aromatic N) is 1. The van der Waals surface area contributed by atoms with Crippen molar-refractivity contribution >= 4 is 39.2 Å². The number of fused-ring (bicyclic) bond motifs is 1. The SMILES string of the molecule is Fc1cc(F)cc(-n2c(=S)[nH]c3cc(Br)ccc32)c1. The Morgan fingerprint density at radius 2 is 1.74 bits per heavy atom. The number of H-pyrrole nitrogens is 1. The molecule has 3 rings (SSSR count). The van der Waals surface area contributed by atoms with Crippen LogP contribution in [0.1, 0.15) is 0 Å². The molecule has 3 aromatic rings. The van der Waals surface area contributed by atoms with E-state index in [4.69, 9.17) is 12.2 Å². The summed E-state index contributed by atoms with van der Waals surface area (Å²) in [5.41, 5.74) is 1.92. The molecule has 0 radical (unpaired) electrons. The van der Waals surface area contributed by atoms with Gasteiger partial charge in [0.05, 0.1) is 16.7 Å². The highest BCUT2D eigenvalue weighted by atomic mass is 79.9. The van der Waals surface area contributed by atoms with Crippen molar-refractivity contribution in [1.82, 2.24) is 9.55 Å².